The molecule has 0 aliphatic heterocycles. The Morgan fingerprint density at radius 2 is 1.79 bits per heavy atom. The second-order valence-electron chi connectivity index (χ2n) is 6.87. The highest BCUT2D eigenvalue weighted by Crippen LogP contribution is 2.47. The first kappa shape index (κ1) is 19.1. The molecule has 7 nitrogen and oxygen atoms in total. The third kappa shape index (κ3) is 4.44. The van der Waals surface area contributed by atoms with Crippen LogP contribution in [0.25, 0.3) is 11.3 Å². The minimum absolute atomic E-state index is 0.0335. The smallest absolute Gasteiger partial charge is 0.243 e. The van der Waals surface area contributed by atoms with Crippen LogP contribution in [-0.2, 0) is 14.8 Å². The highest BCUT2D eigenvalue weighted by molar-refractivity contribution is 7.89. The van der Waals surface area contributed by atoms with Crippen LogP contribution in [0.2, 0.25) is 0 Å². The zero-order valence-electron chi connectivity index (χ0n) is 15.4. The van der Waals surface area contributed by atoms with Crippen molar-refractivity contribution < 1.29 is 17.6 Å². The Balaban J connectivity index is 1.35. The van der Waals surface area contributed by atoms with Crippen LogP contribution in [0.15, 0.2) is 81.1 Å². The van der Waals surface area contributed by atoms with Crippen molar-refractivity contribution in [3.8, 4) is 11.3 Å². The summed E-state index contributed by atoms with van der Waals surface area (Å²) in [5, 5.41) is 9.06. The van der Waals surface area contributed by atoms with Gasteiger partial charge in [-0.2, -0.15) is 5.10 Å². The van der Waals surface area contributed by atoms with Crippen LogP contribution < -0.4 is 10.6 Å². The number of nitrogens with one attached hydrogen (secondary N) is 1. The van der Waals surface area contributed by atoms with E-state index in [0.717, 1.165) is 6.42 Å². The topological polar surface area (TPSA) is 115 Å². The monoisotopic (exact) mass is 409 g/mol. The van der Waals surface area contributed by atoms with Crippen LogP contribution in [0.5, 0.6) is 0 Å². The van der Waals surface area contributed by atoms with E-state index < -0.39 is 10.0 Å². The molecule has 2 aromatic carbocycles. The van der Waals surface area contributed by atoms with Crippen molar-refractivity contribution in [2.75, 3.05) is 0 Å². The SMILES string of the molecule is NS(=O)(=O)c1ccc(-c2ccc(/C=N/NC(=O)[C@@H]3C[C@H]3c3ccccc3)o2)cc1. The Morgan fingerprint density at radius 3 is 2.48 bits per heavy atom. The molecule has 1 saturated carbocycles. The van der Waals surface area contributed by atoms with Crippen molar-refractivity contribution in [2.24, 2.45) is 16.2 Å². The van der Waals surface area contributed by atoms with Gasteiger partial charge >= 0.3 is 0 Å². The van der Waals surface area contributed by atoms with Gasteiger partial charge in [-0.25, -0.2) is 19.0 Å². The van der Waals surface area contributed by atoms with Gasteiger partial charge in [0.15, 0.2) is 0 Å². The van der Waals surface area contributed by atoms with Crippen molar-refractivity contribution in [2.45, 2.75) is 17.2 Å². The number of benzene rings is 2. The predicted molar refractivity (Wildman–Crippen MR) is 109 cm³/mol. The van der Waals surface area contributed by atoms with Crippen LogP contribution in [-0.4, -0.2) is 20.5 Å². The van der Waals surface area contributed by atoms with E-state index in [9.17, 15) is 13.2 Å². The highest BCUT2D eigenvalue weighted by Gasteiger charge is 2.43. The molecule has 1 aliphatic carbocycles. The predicted octanol–water partition coefficient (Wildman–Crippen LogP) is 2.85. The number of hydrazone groups is 1. The largest absolute Gasteiger partial charge is 0.455 e. The fourth-order valence-electron chi connectivity index (χ4n) is 3.18. The van der Waals surface area contributed by atoms with Crippen molar-refractivity contribution >= 4 is 22.1 Å². The molecule has 1 aromatic heterocycles. The van der Waals surface area contributed by atoms with E-state index in [-0.39, 0.29) is 22.6 Å². The molecule has 4 rings (SSSR count). The van der Waals surface area contributed by atoms with Gasteiger partial charge in [0.1, 0.15) is 11.5 Å². The van der Waals surface area contributed by atoms with Crippen LogP contribution >= 0.6 is 0 Å². The van der Waals surface area contributed by atoms with Crippen LogP contribution in [0, 0.1) is 5.92 Å². The molecule has 0 spiro atoms. The Hall–Kier alpha value is -3.23. The Labute approximate surface area is 168 Å². The molecule has 2 atom stereocenters. The average Bonchev–Trinajstić information content (AvgIpc) is 3.39. The standard InChI is InChI=1S/C21H19N3O4S/c22-29(26,27)17-9-6-15(7-10-17)20-11-8-16(28-20)13-23-24-21(25)19-12-18(19)14-4-2-1-3-5-14/h1-11,13,18-19H,12H2,(H,24,25)(H2,22,26,27)/b23-13+/t18-,19+/m0/s1. The lowest BCUT2D eigenvalue weighted by Gasteiger charge is -2.00. The molecule has 3 N–H and O–H groups in total. The van der Waals surface area contributed by atoms with Crippen LogP contribution in [0.3, 0.4) is 0 Å². The average molecular weight is 409 g/mol. The van der Waals surface area contributed by atoms with Crippen molar-refractivity contribution in [1.82, 2.24) is 5.43 Å². The zero-order chi connectivity index (χ0) is 20.4. The molecule has 148 valence electrons. The van der Waals surface area contributed by atoms with E-state index in [1.54, 1.807) is 24.3 Å². The molecule has 29 heavy (non-hydrogen) atoms. The number of sulfonamides is 1. The number of nitrogens with two attached hydrogens (primary N) is 1. The second-order valence-corrected chi connectivity index (χ2v) is 8.43. The fourth-order valence-corrected chi connectivity index (χ4v) is 3.70. The Bertz CT molecular complexity index is 1150. The maximum absolute atomic E-state index is 12.2. The summed E-state index contributed by atoms with van der Waals surface area (Å²) in [4.78, 5) is 12.2. The Kier molecular flexibility index (Phi) is 5.04. The maximum Gasteiger partial charge on any atom is 0.243 e. The number of carbonyl (C=O) groups is 1. The number of rotatable bonds is 6. The lowest BCUT2D eigenvalue weighted by molar-refractivity contribution is -0.122. The van der Waals surface area contributed by atoms with Gasteiger partial charge in [0.2, 0.25) is 15.9 Å². The number of nitrogens with zero attached hydrogens (tertiary/aromatic N) is 1. The van der Waals surface area contributed by atoms with Crippen molar-refractivity contribution in [1.29, 1.82) is 0 Å². The molecular weight excluding hydrogens is 390 g/mol. The summed E-state index contributed by atoms with van der Waals surface area (Å²) in [6.07, 6.45) is 2.25. The summed E-state index contributed by atoms with van der Waals surface area (Å²) in [6.45, 7) is 0. The van der Waals surface area contributed by atoms with Gasteiger partial charge in [0, 0.05) is 11.5 Å². The van der Waals surface area contributed by atoms with Gasteiger partial charge in [0.05, 0.1) is 11.1 Å². The maximum atomic E-state index is 12.2. The first-order valence-corrected chi connectivity index (χ1v) is 10.6. The molecule has 8 heteroatoms. The van der Waals surface area contributed by atoms with E-state index in [0.29, 0.717) is 17.1 Å². The molecule has 0 unspecified atom stereocenters. The van der Waals surface area contributed by atoms with E-state index in [1.165, 1.54) is 23.9 Å². The fraction of sp³-hybridized carbons (Fsp3) is 0.143. The number of hydrogen-bond acceptors (Lipinski definition) is 5. The molecule has 0 radical (unpaired) electrons. The van der Waals surface area contributed by atoms with E-state index >= 15 is 0 Å². The zero-order valence-corrected chi connectivity index (χ0v) is 16.2. The summed E-state index contributed by atoms with van der Waals surface area (Å²) in [5.41, 5.74) is 4.42. The number of hydrogen-bond donors (Lipinski definition) is 2. The summed E-state index contributed by atoms with van der Waals surface area (Å²) in [6, 6.07) is 19.5. The second kappa shape index (κ2) is 7.65. The summed E-state index contributed by atoms with van der Waals surface area (Å²) >= 11 is 0. The molecule has 1 heterocycles. The minimum Gasteiger partial charge on any atom is -0.455 e. The van der Waals surface area contributed by atoms with Gasteiger partial charge in [-0.3, -0.25) is 4.79 Å². The summed E-state index contributed by atoms with van der Waals surface area (Å²) < 4.78 is 28.3. The minimum atomic E-state index is -3.73. The van der Waals surface area contributed by atoms with Gasteiger partial charge in [-0.15, -0.1) is 0 Å². The number of primary sulfonamides is 1. The normalized spacial score (nSPS) is 18.7. The first-order chi connectivity index (χ1) is 13.9. The van der Waals surface area contributed by atoms with Crippen molar-refractivity contribution in [3.05, 3.63) is 78.1 Å². The summed E-state index contributed by atoms with van der Waals surface area (Å²) in [7, 11) is -3.73. The van der Waals surface area contributed by atoms with Crippen LogP contribution in [0.4, 0.5) is 0 Å². The van der Waals surface area contributed by atoms with E-state index in [4.69, 9.17) is 9.56 Å². The van der Waals surface area contributed by atoms with E-state index in [2.05, 4.69) is 10.5 Å². The van der Waals surface area contributed by atoms with E-state index in [1.807, 2.05) is 30.3 Å². The molecule has 3 aromatic rings. The molecule has 1 aliphatic rings. The molecule has 0 bridgehead atoms. The number of amides is 1. The number of furan rings is 1. The third-order valence-corrected chi connectivity index (χ3v) is 5.74. The summed E-state index contributed by atoms with van der Waals surface area (Å²) in [5.74, 6) is 1.10. The van der Waals surface area contributed by atoms with Gasteiger partial charge < -0.3 is 4.42 Å². The lowest BCUT2D eigenvalue weighted by atomic mass is 10.1. The highest BCUT2D eigenvalue weighted by atomic mass is 32.2. The van der Waals surface area contributed by atoms with Crippen molar-refractivity contribution in [3.63, 3.8) is 0 Å². The molecule has 1 fully saturated rings. The number of carbonyl (C=O) groups excluding carboxylic acids is 1. The van der Waals surface area contributed by atoms with Gasteiger partial charge in [-0.1, -0.05) is 30.3 Å². The molecular formula is C21H19N3O4S. The van der Waals surface area contributed by atoms with Gasteiger partial charge in [0.25, 0.3) is 0 Å². The lowest BCUT2D eigenvalue weighted by Crippen LogP contribution is -2.20. The van der Waals surface area contributed by atoms with Crippen LogP contribution in [0.1, 0.15) is 23.7 Å². The molecule has 1 amide bonds. The molecule has 0 saturated heterocycles. The quantitative estimate of drug-likeness (QED) is 0.481. The Morgan fingerprint density at radius 1 is 1.07 bits per heavy atom. The third-order valence-electron chi connectivity index (χ3n) is 4.82. The van der Waals surface area contributed by atoms with Gasteiger partial charge in [-0.05, 0) is 54.3 Å². The first-order valence-electron chi connectivity index (χ1n) is 9.03.